The third kappa shape index (κ3) is 1.93. The standard InChI is InChI=1S/C10H14N6O/c17-6-4-8-3-5-15(7-8)10-2-1-9-11-13-14-16(9)12-10/h1-2,8,17H,3-7H2. The van der Waals surface area contributed by atoms with E-state index in [4.69, 9.17) is 5.11 Å². The molecule has 0 spiro atoms. The number of aliphatic hydroxyl groups is 1. The van der Waals surface area contributed by atoms with Crippen LogP contribution in [0.1, 0.15) is 12.8 Å². The van der Waals surface area contributed by atoms with Gasteiger partial charge in [-0.2, -0.15) is 0 Å². The van der Waals surface area contributed by atoms with Crippen molar-refractivity contribution in [3.63, 3.8) is 0 Å². The van der Waals surface area contributed by atoms with Gasteiger partial charge in [-0.3, -0.25) is 0 Å². The lowest BCUT2D eigenvalue weighted by atomic mass is 10.1. The molecule has 3 heterocycles. The molecule has 0 aliphatic carbocycles. The summed E-state index contributed by atoms with van der Waals surface area (Å²) in [4.78, 5) is 2.21. The predicted octanol–water partition coefficient (Wildman–Crippen LogP) is -0.272. The summed E-state index contributed by atoms with van der Waals surface area (Å²) in [6, 6.07) is 3.80. The van der Waals surface area contributed by atoms with Crippen LogP contribution in [0.25, 0.3) is 5.65 Å². The van der Waals surface area contributed by atoms with Crippen LogP contribution in [0.4, 0.5) is 5.82 Å². The number of hydrogen-bond acceptors (Lipinski definition) is 6. The van der Waals surface area contributed by atoms with Gasteiger partial charge in [0.15, 0.2) is 11.5 Å². The van der Waals surface area contributed by atoms with Gasteiger partial charge in [-0.05, 0) is 41.3 Å². The summed E-state index contributed by atoms with van der Waals surface area (Å²) >= 11 is 0. The summed E-state index contributed by atoms with van der Waals surface area (Å²) < 4.78 is 1.44. The largest absolute Gasteiger partial charge is 0.396 e. The van der Waals surface area contributed by atoms with Crippen molar-refractivity contribution >= 4 is 11.5 Å². The number of rotatable bonds is 3. The topological polar surface area (TPSA) is 79.4 Å². The maximum Gasteiger partial charge on any atom is 0.200 e. The van der Waals surface area contributed by atoms with Crippen molar-refractivity contribution < 1.29 is 5.11 Å². The highest BCUT2D eigenvalue weighted by molar-refractivity contribution is 5.44. The van der Waals surface area contributed by atoms with Gasteiger partial charge >= 0.3 is 0 Å². The molecule has 0 saturated carbocycles. The Morgan fingerprint density at radius 1 is 1.41 bits per heavy atom. The van der Waals surface area contributed by atoms with Crippen molar-refractivity contribution in [3.8, 4) is 0 Å². The van der Waals surface area contributed by atoms with E-state index in [9.17, 15) is 0 Å². The van der Waals surface area contributed by atoms with Crippen LogP contribution in [0.5, 0.6) is 0 Å². The molecule has 1 aliphatic heterocycles. The number of aliphatic hydroxyl groups excluding tert-OH is 1. The predicted molar refractivity (Wildman–Crippen MR) is 60.6 cm³/mol. The molecule has 7 heteroatoms. The molecule has 90 valence electrons. The Hall–Kier alpha value is -1.76. The van der Waals surface area contributed by atoms with Crippen LogP contribution in [0.2, 0.25) is 0 Å². The van der Waals surface area contributed by atoms with Gasteiger partial charge < -0.3 is 10.0 Å². The quantitative estimate of drug-likeness (QED) is 0.787. The normalized spacial score (nSPS) is 20.3. The van der Waals surface area contributed by atoms with Gasteiger partial charge in [0.1, 0.15) is 0 Å². The van der Waals surface area contributed by atoms with E-state index in [-0.39, 0.29) is 6.61 Å². The van der Waals surface area contributed by atoms with Gasteiger partial charge in [-0.15, -0.1) is 14.8 Å². The Morgan fingerprint density at radius 2 is 2.35 bits per heavy atom. The zero-order valence-corrected chi connectivity index (χ0v) is 9.40. The molecular weight excluding hydrogens is 220 g/mol. The number of nitrogens with zero attached hydrogens (tertiary/aromatic N) is 6. The highest BCUT2D eigenvalue weighted by Gasteiger charge is 2.23. The first-order valence-electron chi connectivity index (χ1n) is 5.78. The van der Waals surface area contributed by atoms with Crippen molar-refractivity contribution in [2.24, 2.45) is 5.92 Å². The molecule has 1 fully saturated rings. The molecule has 1 atom stereocenters. The zero-order chi connectivity index (χ0) is 11.7. The van der Waals surface area contributed by atoms with E-state index < -0.39 is 0 Å². The fourth-order valence-corrected chi connectivity index (χ4v) is 2.27. The second-order valence-electron chi connectivity index (χ2n) is 4.33. The van der Waals surface area contributed by atoms with Crippen molar-refractivity contribution in [2.45, 2.75) is 12.8 Å². The average Bonchev–Trinajstić information content (AvgIpc) is 2.96. The van der Waals surface area contributed by atoms with Crippen LogP contribution >= 0.6 is 0 Å². The fourth-order valence-electron chi connectivity index (χ4n) is 2.27. The zero-order valence-electron chi connectivity index (χ0n) is 9.40. The summed E-state index contributed by atoms with van der Waals surface area (Å²) in [5, 5.41) is 24.5. The molecule has 2 aromatic heterocycles. The van der Waals surface area contributed by atoms with Gasteiger partial charge in [0.2, 0.25) is 0 Å². The Labute approximate surface area is 98.0 Å². The molecular formula is C10H14N6O. The molecule has 1 aliphatic rings. The Morgan fingerprint density at radius 3 is 3.24 bits per heavy atom. The summed E-state index contributed by atoms with van der Waals surface area (Å²) in [6.45, 7) is 2.18. The number of tetrazole rings is 1. The van der Waals surface area contributed by atoms with Crippen LogP contribution in [-0.2, 0) is 0 Å². The smallest absolute Gasteiger partial charge is 0.200 e. The number of aromatic nitrogens is 5. The minimum Gasteiger partial charge on any atom is -0.396 e. The molecule has 0 radical (unpaired) electrons. The van der Waals surface area contributed by atoms with Crippen LogP contribution in [0.15, 0.2) is 12.1 Å². The summed E-state index contributed by atoms with van der Waals surface area (Å²) in [5.41, 5.74) is 0.653. The Kier molecular flexibility index (Phi) is 2.60. The second-order valence-corrected chi connectivity index (χ2v) is 4.33. The van der Waals surface area contributed by atoms with Crippen molar-refractivity contribution in [1.82, 2.24) is 25.3 Å². The first kappa shape index (κ1) is 10.4. The van der Waals surface area contributed by atoms with E-state index in [0.717, 1.165) is 31.7 Å². The van der Waals surface area contributed by atoms with E-state index >= 15 is 0 Å². The lowest BCUT2D eigenvalue weighted by molar-refractivity contribution is 0.263. The molecule has 1 N–H and O–H groups in total. The molecule has 7 nitrogen and oxygen atoms in total. The van der Waals surface area contributed by atoms with Gasteiger partial charge in [0.25, 0.3) is 0 Å². The van der Waals surface area contributed by atoms with Crippen LogP contribution < -0.4 is 4.90 Å². The van der Waals surface area contributed by atoms with Crippen molar-refractivity contribution in [3.05, 3.63) is 12.1 Å². The van der Waals surface area contributed by atoms with E-state index in [1.54, 1.807) is 0 Å². The third-order valence-electron chi connectivity index (χ3n) is 3.20. The summed E-state index contributed by atoms with van der Waals surface area (Å²) in [7, 11) is 0. The van der Waals surface area contributed by atoms with Crippen molar-refractivity contribution in [1.29, 1.82) is 0 Å². The van der Waals surface area contributed by atoms with Gasteiger partial charge in [-0.25, -0.2) is 0 Å². The lowest BCUT2D eigenvalue weighted by Gasteiger charge is -2.16. The molecule has 0 bridgehead atoms. The minimum absolute atomic E-state index is 0.262. The SMILES string of the molecule is OCCC1CCN(c2ccc3nnnn3n2)C1. The molecule has 0 amide bonds. The molecule has 2 aromatic rings. The van der Waals surface area contributed by atoms with Crippen LogP contribution in [0, 0.1) is 5.92 Å². The molecule has 3 rings (SSSR count). The first-order valence-corrected chi connectivity index (χ1v) is 5.78. The molecule has 1 unspecified atom stereocenters. The van der Waals surface area contributed by atoms with E-state index in [1.807, 2.05) is 12.1 Å². The maximum atomic E-state index is 8.93. The Bertz CT molecular complexity index is 512. The average molecular weight is 234 g/mol. The lowest BCUT2D eigenvalue weighted by Crippen LogP contribution is -2.22. The fraction of sp³-hybridized carbons (Fsp3) is 0.600. The van der Waals surface area contributed by atoms with Crippen LogP contribution in [0.3, 0.4) is 0 Å². The first-order chi connectivity index (χ1) is 8.36. The van der Waals surface area contributed by atoms with E-state index in [1.165, 1.54) is 4.63 Å². The molecule has 17 heavy (non-hydrogen) atoms. The summed E-state index contributed by atoms with van der Waals surface area (Å²) in [6.07, 6.45) is 1.97. The maximum absolute atomic E-state index is 8.93. The van der Waals surface area contributed by atoms with Gasteiger partial charge in [0, 0.05) is 19.7 Å². The number of fused-ring (bicyclic) bond motifs is 1. The molecule has 1 saturated heterocycles. The van der Waals surface area contributed by atoms with Crippen LogP contribution in [-0.4, -0.2) is 50.1 Å². The number of anilines is 1. The Balaban J connectivity index is 1.80. The highest BCUT2D eigenvalue weighted by atomic mass is 16.3. The van der Waals surface area contributed by atoms with Gasteiger partial charge in [0.05, 0.1) is 0 Å². The number of hydrogen-bond donors (Lipinski definition) is 1. The highest BCUT2D eigenvalue weighted by Crippen LogP contribution is 2.23. The third-order valence-corrected chi connectivity index (χ3v) is 3.20. The van der Waals surface area contributed by atoms with E-state index in [2.05, 4.69) is 25.5 Å². The van der Waals surface area contributed by atoms with E-state index in [0.29, 0.717) is 11.6 Å². The van der Waals surface area contributed by atoms with Crippen molar-refractivity contribution in [2.75, 3.05) is 24.6 Å². The minimum atomic E-state index is 0.262. The monoisotopic (exact) mass is 234 g/mol. The van der Waals surface area contributed by atoms with Gasteiger partial charge in [-0.1, -0.05) is 0 Å². The summed E-state index contributed by atoms with van der Waals surface area (Å²) in [5.74, 6) is 1.46. The second kappa shape index (κ2) is 4.25. The molecule has 0 aromatic carbocycles.